The van der Waals surface area contributed by atoms with E-state index in [1.807, 2.05) is 6.07 Å². The van der Waals surface area contributed by atoms with Crippen LogP contribution in [0.2, 0.25) is 5.02 Å². The molecule has 0 amide bonds. The molecular formula is C10H11ClN2OS. The van der Waals surface area contributed by atoms with Crippen LogP contribution in [0, 0.1) is 11.3 Å². The van der Waals surface area contributed by atoms with Crippen molar-refractivity contribution in [2.24, 2.45) is 4.36 Å². The predicted molar refractivity (Wildman–Crippen MR) is 62.1 cm³/mol. The molecule has 0 heterocycles. The molecular weight excluding hydrogens is 232 g/mol. The van der Waals surface area contributed by atoms with Crippen molar-refractivity contribution < 1.29 is 4.21 Å². The molecule has 0 aliphatic heterocycles. The zero-order chi connectivity index (χ0) is 11.3. The van der Waals surface area contributed by atoms with Crippen LogP contribution in [0.1, 0.15) is 5.56 Å². The Bertz CT molecular complexity index is 481. The number of nitriles is 1. The fraction of sp³-hybridized carbons (Fsp3) is 0.300. The molecule has 0 fully saturated rings. The van der Waals surface area contributed by atoms with E-state index in [1.54, 1.807) is 24.3 Å². The van der Waals surface area contributed by atoms with Gasteiger partial charge in [0.15, 0.2) is 0 Å². The second-order valence-corrected chi connectivity index (χ2v) is 5.95. The molecule has 80 valence electrons. The lowest BCUT2D eigenvalue weighted by molar-refractivity contribution is 0.678. The van der Waals surface area contributed by atoms with Gasteiger partial charge >= 0.3 is 0 Å². The molecule has 5 heteroatoms. The highest BCUT2D eigenvalue weighted by molar-refractivity contribution is 7.93. The molecule has 1 unspecified atom stereocenters. The topological polar surface area (TPSA) is 53.2 Å². The molecule has 0 radical (unpaired) electrons. The fourth-order valence-electron chi connectivity index (χ4n) is 1.12. The Morgan fingerprint density at radius 2 is 2.07 bits per heavy atom. The van der Waals surface area contributed by atoms with Gasteiger partial charge in [0.1, 0.15) is 5.75 Å². The Morgan fingerprint density at radius 1 is 1.47 bits per heavy atom. The highest BCUT2D eigenvalue weighted by atomic mass is 35.5. The predicted octanol–water partition coefficient (Wildman–Crippen LogP) is 2.46. The van der Waals surface area contributed by atoms with Gasteiger partial charge in [-0.3, -0.25) is 0 Å². The van der Waals surface area contributed by atoms with Crippen LogP contribution < -0.4 is 0 Å². The number of rotatable bonds is 3. The summed E-state index contributed by atoms with van der Waals surface area (Å²) in [5, 5.41) is 9.18. The third kappa shape index (κ3) is 3.54. The Kier molecular flexibility index (Phi) is 4.13. The lowest BCUT2D eigenvalue weighted by Gasteiger charge is -2.05. The highest BCUT2D eigenvalue weighted by Gasteiger charge is 2.08. The zero-order valence-electron chi connectivity index (χ0n) is 8.31. The van der Waals surface area contributed by atoms with Gasteiger partial charge in [-0.2, -0.15) is 5.26 Å². The van der Waals surface area contributed by atoms with Crippen molar-refractivity contribution >= 4 is 21.3 Å². The van der Waals surface area contributed by atoms with Crippen molar-refractivity contribution in [1.82, 2.24) is 0 Å². The standard InChI is InChI=1S/C10H11ClN2OS/c1-13-15(14,7-6-12)8-9-2-4-10(11)5-3-9/h2-5H,7-8H2,1H3. The first kappa shape index (κ1) is 12.0. The monoisotopic (exact) mass is 242 g/mol. The summed E-state index contributed by atoms with van der Waals surface area (Å²) in [5.74, 6) is 0.264. The van der Waals surface area contributed by atoms with Crippen molar-refractivity contribution in [3.8, 4) is 6.07 Å². The van der Waals surface area contributed by atoms with Gasteiger partial charge in [0.05, 0.1) is 21.6 Å². The van der Waals surface area contributed by atoms with E-state index in [2.05, 4.69) is 4.36 Å². The van der Waals surface area contributed by atoms with Crippen molar-refractivity contribution in [1.29, 1.82) is 5.26 Å². The first-order valence-corrected chi connectivity index (χ1v) is 6.55. The van der Waals surface area contributed by atoms with Gasteiger partial charge in [-0.1, -0.05) is 23.7 Å². The van der Waals surface area contributed by atoms with Gasteiger partial charge in [-0.25, -0.2) is 8.57 Å². The van der Waals surface area contributed by atoms with E-state index in [0.717, 1.165) is 5.56 Å². The minimum absolute atomic E-state index is 0.0356. The molecule has 0 N–H and O–H groups in total. The number of nitrogens with zero attached hydrogens (tertiary/aromatic N) is 2. The summed E-state index contributed by atoms with van der Waals surface area (Å²) in [7, 11) is -0.940. The smallest absolute Gasteiger partial charge is 0.119 e. The van der Waals surface area contributed by atoms with Gasteiger partial charge in [0.25, 0.3) is 0 Å². The number of halogens is 1. The van der Waals surface area contributed by atoms with E-state index in [1.165, 1.54) is 7.05 Å². The molecule has 0 saturated heterocycles. The van der Waals surface area contributed by atoms with Crippen LogP contribution in [0.4, 0.5) is 0 Å². The number of hydrogen-bond donors (Lipinski definition) is 0. The highest BCUT2D eigenvalue weighted by Crippen LogP contribution is 2.13. The molecule has 0 spiro atoms. The Balaban J connectivity index is 2.91. The van der Waals surface area contributed by atoms with Crippen LogP contribution in [-0.4, -0.2) is 17.0 Å². The average molecular weight is 243 g/mol. The molecule has 0 bridgehead atoms. The minimum atomic E-state index is -2.42. The lowest BCUT2D eigenvalue weighted by atomic mass is 10.2. The van der Waals surface area contributed by atoms with E-state index in [0.29, 0.717) is 10.8 Å². The maximum absolute atomic E-state index is 12.0. The third-order valence-corrected chi connectivity index (χ3v) is 4.21. The third-order valence-electron chi connectivity index (χ3n) is 1.93. The summed E-state index contributed by atoms with van der Waals surface area (Å²) in [5.41, 5.74) is 0.880. The average Bonchev–Trinajstić information content (AvgIpc) is 2.22. The van der Waals surface area contributed by atoms with E-state index < -0.39 is 9.73 Å². The molecule has 0 saturated carbocycles. The summed E-state index contributed by atoms with van der Waals surface area (Å²) in [6, 6.07) is 8.96. The maximum atomic E-state index is 12.0. The van der Waals surface area contributed by atoms with Gasteiger partial charge in [0, 0.05) is 12.1 Å². The molecule has 1 aromatic rings. The van der Waals surface area contributed by atoms with Crippen molar-refractivity contribution in [2.75, 3.05) is 12.8 Å². The molecule has 3 nitrogen and oxygen atoms in total. The van der Waals surface area contributed by atoms with Crippen LogP contribution in [0.25, 0.3) is 0 Å². The van der Waals surface area contributed by atoms with E-state index in [9.17, 15) is 4.21 Å². The van der Waals surface area contributed by atoms with E-state index in [4.69, 9.17) is 16.9 Å². The van der Waals surface area contributed by atoms with Crippen molar-refractivity contribution in [3.63, 3.8) is 0 Å². The molecule has 1 rings (SSSR count). The van der Waals surface area contributed by atoms with Gasteiger partial charge < -0.3 is 0 Å². The van der Waals surface area contributed by atoms with Crippen LogP contribution in [0.5, 0.6) is 0 Å². The second-order valence-electron chi connectivity index (χ2n) is 3.03. The fourth-order valence-corrected chi connectivity index (χ4v) is 2.52. The normalized spacial score (nSPS) is 13.9. The SMILES string of the molecule is CN=S(=O)(CC#N)Cc1ccc(Cl)cc1. The van der Waals surface area contributed by atoms with Gasteiger partial charge in [-0.15, -0.1) is 0 Å². The van der Waals surface area contributed by atoms with Crippen molar-refractivity contribution in [2.45, 2.75) is 5.75 Å². The largest absolute Gasteiger partial charge is 0.248 e. The van der Waals surface area contributed by atoms with Crippen molar-refractivity contribution in [3.05, 3.63) is 34.9 Å². The van der Waals surface area contributed by atoms with Crippen LogP contribution >= 0.6 is 11.6 Å². The Hall–Kier alpha value is -1.05. The van der Waals surface area contributed by atoms with E-state index >= 15 is 0 Å². The lowest BCUT2D eigenvalue weighted by Crippen LogP contribution is -2.07. The summed E-state index contributed by atoms with van der Waals surface area (Å²) in [4.78, 5) is 0. The zero-order valence-corrected chi connectivity index (χ0v) is 9.88. The summed E-state index contributed by atoms with van der Waals surface area (Å²) < 4.78 is 15.8. The molecule has 1 atom stereocenters. The summed E-state index contributed by atoms with van der Waals surface area (Å²) in [6.45, 7) is 0. The molecule has 0 aromatic heterocycles. The van der Waals surface area contributed by atoms with Crippen LogP contribution in [-0.2, 0) is 15.5 Å². The quantitative estimate of drug-likeness (QED) is 0.818. The minimum Gasteiger partial charge on any atom is -0.248 e. The number of hydrogen-bond acceptors (Lipinski definition) is 3. The van der Waals surface area contributed by atoms with E-state index in [-0.39, 0.29) is 5.75 Å². The Labute approximate surface area is 94.9 Å². The first-order chi connectivity index (χ1) is 7.09. The van der Waals surface area contributed by atoms with Crippen LogP contribution in [0.15, 0.2) is 28.6 Å². The molecule has 15 heavy (non-hydrogen) atoms. The summed E-state index contributed by atoms with van der Waals surface area (Å²) in [6.07, 6.45) is 0. The molecule has 1 aromatic carbocycles. The Morgan fingerprint density at radius 3 is 2.53 bits per heavy atom. The molecule has 0 aliphatic carbocycles. The summed E-state index contributed by atoms with van der Waals surface area (Å²) >= 11 is 5.73. The van der Waals surface area contributed by atoms with Crippen LogP contribution in [0.3, 0.4) is 0 Å². The van der Waals surface area contributed by atoms with Gasteiger partial charge in [0.2, 0.25) is 0 Å². The van der Waals surface area contributed by atoms with Gasteiger partial charge in [-0.05, 0) is 17.7 Å². The first-order valence-electron chi connectivity index (χ1n) is 4.31. The maximum Gasteiger partial charge on any atom is 0.119 e. The second kappa shape index (κ2) is 5.15. The number of benzene rings is 1. The molecule has 0 aliphatic rings.